The van der Waals surface area contributed by atoms with Crippen LogP contribution in [0.15, 0.2) is 0 Å². The van der Waals surface area contributed by atoms with Crippen LogP contribution in [0.1, 0.15) is 39.0 Å². The Balaban J connectivity index is 0. The van der Waals surface area contributed by atoms with Crippen molar-refractivity contribution in [2.75, 3.05) is 0 Å². The zero-order valence-corrected chi connectivity index (χ0v) is 10.3. The molecule has 0 heterocycles. The number of halogens is 1. The average molecular weight is 227 g/mol. The van der Waals surface area contributed by atoms with Gasteiger partial charge in [0.15, 0.2) is 0 Å². The second kappa shape index (κ2) is 13.4. The zero-order valence-electron chi connectivity index (χ0n) is 7.33. The van der Waals surface area contributed by atoms with E-state index in [0.717, 1.165) is 11.0 Å². The zero-order chi connectivity index (χ0) is 7.66. The largest absolute Gasteiger partial charge is 1.00 e. The minimum absolute atomic E-state index is 0. The van der Waals surface area contributed by atoms with Crippen molar-refractivity contribution in [2.45, 2.75) is 43.6 Å². The standard InChI is InChI=1S/C9H15.BrH.Mg/c1-3-5-7-9-8-6-4-2;;/h1,4,6-9H2,2H3;1H;/q;;+1/p-1. The van der Waals surface area contributed by atoms with Crippen molar-refractivity contribution >= 4 is 21.7 Å². The predicted molar refractivity (Wildman–Crippen MR) is 47.1 cm³/mol. The summed E-state index contributed by atoms with van der Waals surface area (Å²) in [5.74, 6) is 6.24. The molecule has 0 aromatic rings. The van der Waals surface area contributed by atoms with Crippen molar-refractivity contribution < 1.29 is 17.0 Å². The van der Waals surface area contributed by atoms with Gasteiger partial charge in [-0.25, -0.2) is 0 Å². The van der Waals surface area contributed by atoms with Gasteiger partial charge in [-0.15, -0.1) is 0 Å². The molecular formula is C9H15BrMg. The molecule has 0 nitrogen and oxygen atoms in total. The van der Waals surface area contributed by atoms with Crippen LogP contribution in [0, 0.1) is 11.8 Å². The van der Waals surface area contributed by atoms with E-state index in [2.05, 4.69) is 18.8 Å². The third-order valence-corrected chi connectivity index (χ3v) is 1.66. The maximum absolute atomic E-state index is 3.15. The molecule has 0 bridgehead atoms. The molecule has 0 amide bonds. The molecule has 0 spiro atoms. The van der Waals surface area contributed by atoms with E-state index in [4.69, 9.17) is 0 Å². The molecule has 11 heavy (non-hydrogen) atoms. The number of hydrogen-bond donors (Lipinski definition) is 0. The number of unbranched alkanes of at least 4 members (excludes halogenated alkanes) is 4. The van der Waals surface area contributed by atoms with E-state index in [0.29, 0.717) is 0 Å². The molecule has 0 saturated carbocycles. The van der Waals surface area contributed by atoms with Crippen LogP contribution in [-0.4, -0.2) is 21.7 Å². The second-order valence-electron chi connectivity index (χ2n) is 2.41. The first kappa shape index (κ1) is 14.3. The maximum Gasteiger partial charge on any atom is -1.00 e. The summed E-state index contributed by atoms with van der Waals surface area (Å²) in [4.78, 5) is 0. The van der Waals surface area contributed by atoms with E-state index >= 15 is 0 Å². The fraction of sp³-hybridized carbons (Fsp3) is 0.778. The van der Waals surface area contributed by atoms with Crippen LogP contribution in [0.4, 0.5) is 0 Å². The molecular weight excluding hydrogens is 212 g/mol. The van der Waals surface area contributed by atoms with Gasteiger partial charge in [-0.05, 0) is 0 Å². The van der Waals surface area contributed by atoms with Crippen LogP contribution < -0.4 is 17.0 Å². The molecule has 0 aliphatic carbocycles. The van der Waals surface area contributed by atoms with Gasteiger partial charge >= 0.3 is 77.1 Å². The van der Waals surface area contributed by atoms with Gasteiger partial charge in [0, 0.05) is 0 Å². The molecule has 0 aliphatic rings. The molecule has 0 aromatic heterocycles. The molecule has 0 radical (unpaired) electrons. The van der Waals surface area contributed by atoms with Crippen LogP contribution in [-0.2, 0) is 0 Å². The van der Waals surface area contributed by atoms with Gasteiger partial charge in [-0.1, -0.05) is 0 Å². The Kier molecular flexibility index (Phi) is 17.5. The van der Waals surface area contributed by atoms with Crippen molar-refractivity contribution in [3.05, 3.63) is 0 Å². The van der Waals surface area contributed by atoms with Crippen molar-refractivity contribution in [3.63, 3.8) is 0 Å². The maximum atomic E-state index is 3.15. The van der Waals surface area contributed by atoms with E-state index in [9.17, 15) is 0 Å². The quantitative estimate of drug-likeness (QED) is 0.347. The van der Waals surface area contributed by atoms with Gasteiger partial charge in [0.05, 0.1) is 0 Å². The van der Waals surface area contributed by atoms with E-state index in [1.165, 1.54) is 25.7 Å². The Morgan fingerprint density at radius 2 is 1.82 bits per heavy atom. The van der Waals surface area contributed by atoms with E-state index in [-0.39, 0.29) is 17.0 Å². The van der Waals surface area contributed by atoms with Crippen LogP contribution in [0.3, 0.4) is 0 Å². The Bertz CT molecular complexity index is 112. The third kappa shape index (κ3) is 13.8. The van der Waals surface area contributed by atoms with Crippen molar-refractivity contribution in [3.8, 4) is 11.8 Å². The second-order valence-corrected chi connectivity index (χ2v) is 2.91. The molecule has 0 unspecified atom stereocenters. The summed E-state index contributed by atoms with van der Waals surface area (Å²) >= 11 is 1.92. The smallest absolute Gasteiger partial charge is 1.00 e. The summed E-state index contributed by atoms with van der Waals surface area (Å²) in [6.07, 6.45) is 6.46. The first-order valence-electron chi connectivity index (χ1n) is 4.16. The molecule has 0 aromatic carbocycles. The fourth-order valence-corrected chi connectivity index (χ4v) is 0.994. The third-order valence-electron chi connectivity index (χ3n) is 1.41. The number of rotatable bonds is 4. The Morgan fingerprint density at radius 3 is 2.36 bits per heavy atom. The fourth-order valence-electron chi connectivity index (χ4n) is 0.817. The normalized spacial score (nSPS) is 7.91. The molecule has 0 rings (SSSR count). The summed E-state index contributed by atoms with van der Waals surface area (Å²) in [5, 5.41) is 0. The van der Waals surface area contributed by atoms with Crippen LogP contribution >= 0.6 is 0 Å². The average Bonchev–Trinajstić information content (AvgIpc) is 1.97. The number of hydrogen-bond acceptors (Lipinski definition) is 0. The summed E-state index contributed by atoms with van der Waals surface area (Å²) in [6.45, 7) is 2.23. The van der Waals surface area contributed by atoms with Gasteiger partial charge in [0.2, 0.25) is 0 Å². The first-order valence-corrected chi connectivity index (χ1v) is 5.16. The molecule has 0 saturated heterocycles. The minimum Gasteiger partial charge on any atom is -1.00 e. The Hall–Kier alpha value is 0.806. The van der Waals surface area contributed by atoms with E-state index < -0.39 is 0 Å². The van der Waals surface area contributed by atoms with Gasteiger partial charge in [-0.2, -0.15) is 0 Å². The van der Waals surface area contributed by atoms with Gasteiger partial charge < -0.3 is 17.0 Å². The van der Waals surface area contributed by atoms with Gasteiger partial charge in [0.25, 0.3) is 0 Å². The summed E-state index contributed by atoms with van der Waals surface area (Å²) < 4.78 is 1.04. The van der Waals surface area contributed by atoms with Crippen LogP contribution in [0.25, 0.3) is 0 Å². The Morgan fingerprint density at radius 1 is 1.09 bits per heavy atom. The van der Waals surface area contributed by atoms with Gasteiger partial charge in [-0.3, -0.25) is 0 Å². The van der Waals surface area contributed by atoms with Gasteiger partial charge in [0.1, 0.15) is 0 Å². The van der Waals surface area contributed by atoms with Crippen LogP contribution in [0.5, 0.6) is 0 Å². The molecule has 0 atom stereocenters. The monoisotopic (exact) mass is 226 g/mol. The molecule has 60 valence electrons. The SMILES string of the molecule is CCCCCCC#C[CH2][Mg+].[Br-]. The van der Waals surface area contributed by atoms with Crippen molar-refractivity contribution in [1.29, 1.82) is 0 Å². The summed E-state index contributed by atoms with van der Waals surface area (Å²) in [7, 11) is 0. The van der Waals surface area contributed by atoms with E-state index in [1.54, 1.807) is 0 Å². The molecule has 0 N–H and O–H groups in total. The van der Waals surface area contributed by atoms with Crippen molar-refractivity contribution in [1.82, 2.24) is 0 Å². The van der Waals surface area contributed by atoms with E-state index in [1.807, 2.05) is 21.7 Å². The molecule has 0 fully saturated rings. The van der Waals surface area contributed by atoms with Crippen LogP contribution in [0.2, 0.25) is 4.55 Å². The summed E-state index contributed by atoms with van der Waals surface area (Å²) in [6, 6.07) is 0. The minimum atomic E-state index is 0. The first-order chi connectivity index (χ1) is 4.91. The predicted octanol–water partition coefficient (Wildman–Crippen LogP) is -0.449. The Labute approximate surface area is 93.7 Å². The summed E-state index contributed by atoms with van der Waals surface area (Å²) in [5.41, 5.74) is 0. The van der Waals surface area contributed by atoms with Crippen molar-refractivity contribution in [2.24, 2.45) is 0 Å². The topological polar surface area (TPSA) is 0 Å². The molecule has 2 heteroatoms. The molecule has 0 aliphatic heterocycles.